The maximum atomic E-state index is 5.81. The Morgan fingerprint density at radius 3 is 2.32 bits per heavy atom. The van der Waals surface area contributed by atoms with E-state index in [2.05, 4.69) is 12.1 Å². The van der Waals surface area contributed by atoms with Crippen LogP contribution in [0, 0.1) is 0 Å². The third kappa shape index (κ3) is 7.32. The van der Waals surface area contributed by atoms with E-state index in [1.54, 1.807) is 14.2 Å². The number of hydrogen-bond acceptors (Lipinski definition) is 5. The van der Waals surface area contributed by atoms with Crippen LogP contribution in [0.15, 0.2) is 24.3 Å². The fourth-order valence-electron chi connectivity index (χ4n) is 2.94. The average Bonchev–Trinajstić information content (AvgIpc) is 3.07. The number of aryl methyl sites for hydroxylation is 1. The zero-order valence-corrected chi connectivity index (χ0v) is 15.8. The van der Waals surface area contributed by atoms with Crippen LogP contribution < -0.4 is 4.74 Å². The van der Waals surface area contributed by atoms with Gasteiger partial charge in [0.1, 0.15) is 5.75 Å². The topological polar surface area (TPSA) is 46.2 Å². The fourth-order valence-corrected chi connectivity index (χ4v) is 2.94. The second kappa shape index (κ2) is 10.8. The highest BCUT2D eigenvalue weighted by atomic mass is 16.7. The Morgan fingerprint density at radius 1 is 1.00 bits per heavy atom. The predicted octanol–water partition coefficient (Wildman–Crippen LogP) is 3.94. The molecule has 1 saturated heterocycles. The van der Waals surface area contributed by atoms with Crippen molar-refractivity contribution in [2.45, 2.75) is 57.5 Å². The zero-order chi connectivity index (χ0) is 18.0. The van der Waals surface area contributed by atoms with Crippen LogP contribution >= 0.6 is 0 Å². The SMILES string of the molecule is COC(CCCCCOc1ccc(CCC2(C)OCCO2)cc1)OC. The van der Waals surface area contributed by atoms with Crippen LogP contribution in [0.25, 0.3) is 0 Å². The minimum Gasteiger partial charge on any atom is -0.494 e. The molecule has 1 fully saturated rings. The second-order valence-electron chi connectivity index (χ2n) is 6.57. The van der Waals surface area contributed by atoms with Crippen LogP contribution in [0.5, 0.6) is 5.75 Å². The summed E-state index contributed by atoms with van der Waals surface area (Å²) in [4.78, 5) is 0. The molecule has 1 aromatic rings. The highest BCUT2D eigenvalue weighted by Crippen LogP contribution is 2.25. The molecule has 0 aliphatic carbocycles. The van der Waals surface area contributed by atoms with Gasteiger partial charge in [-0.1, -0.05) is 12.1 Å². The number of ether oxygens (including phenoxy) is 5. The molecular formula is C20H32O5. The van der Waals surface area contributed by atoms with Crippen molar-refractivity contribution in [2.24, 2.45) is 0 Å². The molecule has 1 aliphatic heterocycles. The van der Waals surface area contributed by atoms with Crippen molar-refractivity contribution >= 4 is 0 Å². The first kappa shape index (κ1) is 20.2. The first-order valence-corrected chi connectivity index (χ1v) is 9.20. The molecule has 0 saturated carbocycles. The lowest BCUT2D eigenvalue weighted by Crippen LogP contribution is -2.26. The normalized spacial score (nSPS) is 16.5. The van der Waals surface area contributed by atoms with E-state index < -0.39 is 5.79 Å². The first-order chi connectivity index (χ1) is 12.1. The van der Waals surface area contributed by atoms with Crippen LogP contribution in [-0.4, -0.2) is 46.1 Å². The van der Waals surface area contributed by atoms with Crippen molar-refractivity contribution in [3.63, 3.8) is 0 Å². The Labute approximate surface area is 151 Å². The fraction of sp³-hybridized carbons (Fsp3) is 0.700. The number of hydrogen-bond donors (Lipinski definition) is 0. The average molecular weight is 352 g/mol. The predicted molar refractivity (Wildman–Crippen MR) is 96.8 cm³/mol. The van der Waals surface area contributed by atoms with Crippen molar-refractivity contribution in [2.75, 3.05) is 34.0 Å². The van der Waals surface area contributed by atoms with Crippen molar-refractivity contribution in [1.29, 1.82) is 0 Å². The van der Waals surface area contributed by atoms with Crippen LogP contribution in [-0.2, 0) is 25.4 Å². The summed E-state index contributed by atoms with van der Waals surface area (Å²) in [5.74, 6) is 0.509. The molecule has 0 spiro atoms. The molecule has 5 nitrogen and oxygen atoms in total. The highest BCUT2D eigenvalue weighted by Gasteiger charge is 2.30. The molecule has 0 atom stereocenters. The van der Waals surface area contributed by atoms with Crippen LogP contribution in [0.1, 0.15) is 44.6 Å². The minimum absolute atomic E-state index is 0.0873. The number of unbranched alkanes of at least 4 members (excludes halogenated alkanes) is 2. The van der Waals surface area contributed by atoms with Crippen molar-refractivity contribution in [1.82, 2.24) is 0 Å². The minimum atomic E-state index is -0.417. The van der Waals surface area contributed by atoms with E-state index in [4.69, 9.17) is 23.7 Å². The summed E-state index contributed by atoms with van der Waals surface area (Å²) in [7, 11) is 3.35. The summed E-state index contributed by atoms with van der Waals surface area (Å²) >= 11 is 0. The van der Waals surface area contributed by atoms with Gasteiger partial charge in [0.25, 0.3) is 0 Å². The van der Waals surface area contributed by atoms with Crippen LogP contribution in [0.3, 0.4) is 0 Å². The number of methoxy groups -OCH3 is 2. The standard InChI is InChI=1S/C20H32O5/c1-20(24-15-16-25-20)13-12-17-8-10-18(11-9-17)23-14-6-4-5-7-19(21-2)22-3/h8-11,19H,4-7,12-16H2,1-3H3. The summed E-state index contributed by atoms with van der Waals surface area (Å²) in [5, 5.41) is 0. The summed E-state index contributed by atoms with van der Waals surface area (Å²) < 4.78 is 27.4. The molecule has 0 aromatic heterocycles. The third-order valence-corrected chi connectivity index (χ3v) is 4.57. The lowest BCUT2D eigenvalue weighted by molar-refractivity contribution is -0.146. The van der Waals surface area contributed by atoms with Gasteiger partial charge in [-0.25, -0.2) is 0 Å². The van der Waals surface area contributed by atoms with Gasteiger partial charge in [-0.3, -0.25) is 0 Å². The number of benzene rings is 1. The Kier molecular flexibility index (Phi) is 8.68. The van der Waals surface area contributed by atoms with Crippen LogP contribution in [0.4, 0.5) is 0 Å². The Hall–Kier alpha value is -1.14. The molecule has 0 bridgehead atoms. The molecule has 1 aromatic carbocycles. The van der Waals surface area contributed by atoms with Gasteiger partial charge in [0.05, 0.1) is 19.8 Å². The molecule has 25 heavy (non-hydrogen) atoms. The molecule has 0 amide bonds. The van der Waals surface area contributed by atoms with E-state index in [1.165, 1.54) is 5.56 Å². The molecule has 142 valence electrons. The lowest BCUT2D eigenvalue weighted by Gasteiger charge is -2.22. The summed E-state index contributed by atoms with van der Waals surface area (Å²) in [5.41, 5.74) is 1.28. The van der Waals surface area contributed by atoms with Gasteiger partial charge < -0.3 is 23.7 Å². The second-order valence-corrected chi connectivity index (χ2v) is 6.57. The highest BCUT2D eigenvalue weighted by molar-refractivity contribution is 5.27. The molecule has 0 unspecified atom stereocenters. The van der Waals surface area contributed by atoms with E-state index in [0.29, 0.717) is 13.2 Å². The molecular weight excluding hydrogens is 320 g/mol. The van der Waals surface area contributed by atoms with Gasteiger partial charge in [0, 0.05) is 20.6 Å². The maximum absolute atomic E-state index is 5.81. The van der Waals surface area contributed by atoms with E-state index in [0.717, 1.165) is 50.9 Å². The summed E-state index contributed by atoms with van der Waals surface area (Å²) in [6.07, 6.45) is 5.88. The molecule has 1 heterocycles. The third-order valence-electron chi connectivity index (χ3n) is 4.57. The molecule has 1 aliphatic rings. The first-order valence-electron chi connectivity index (χ1n) is 9.20. The van der Waals surface area contributed by atoms with Gasteiger partial charge in [-0.2, -0.15) is 0 Å². The van der Waals surface area contributed by atoms with Gasteiger partial charge in [0.15, 0.2) is 12.1 Å². The number of rotatable bonds is 12. The van der Waals surface area contributed by atoms with E-state index in [-0.39, 0.29) is 6.29 Å². The smallest absolute Gasteiger partial charge is 0.166 e. The van der Waals surface area contributed by atoms with Crippen LogP contribution in [0.2, 0.25) is 0 Å². The zero-order valence-electron chi connectivity index (χ0n) is 15.8. The van der Waals surface area contributed by atoms with Crippen molar-refractivity contribution < 1.29 is 23.7 Å². The molecule has 2 rings (SSSR count). The Balaban J connectivity index is 1.58. The van der Waals surface area contributed by atoms with Gasteiger partial charge in [-0.05, 0) is 56.7 Å². The summed E-state index contributed by atoms with van der Waals surface area (Å²) in [6.45, 7) is 4.14. The maximum Gasteiger partial charge on any atom is 0.166 e. The Bertz CT molecular complexity index is 463. The van der Waals surface area contributed by atoms with E-state index in [1.807, 2.05) is 19.1 Å². The van der Waals surface area contributed by atoms with Gasteiger partial charge in [-0.15, -0.1) is 0 Å². The van der Waals surface area contributed by atoms with Gasteiger partial charge >= 0.3 is 0 Å². The van der Waals surface area contributed by atoms with Crippen molar-refractivity contribution in [3.8, 4) is 5.75 Å². The van der Waals surface area contributed by atoms with Gasteiger partial charge in [0.2, 0.25) is 0 Å². The quantitative estimate of drug-likeness (QED) is 0.421. The van der Waals surface area contributed by atoms with Crippen molar-refractivity contribution in [3.05, 3.63) is 29.8 Å². The monoisotopic (exact) mass is 352 g/mol. The largest absolute Gasteiger partial charge is 0.494 e. The lowest BCUT2D eigenvalue weighted by atomic mass is 10.1. The summed E-state index contributed by atoms with van der Waals surface area (Å²) in [6, 6.07) is 8.32. The molecule has 0 radical (unpaired) electrons. The molecule has 5 heteroatoms. The van der Waals surface area contributed by atoms with E-state index >= 15 is 0 Å². The Morgan fingerprint density at radius 2 is 1.68 bits per heavy atom. The van der Waals surface area contributed by atoms with E-state index in [9.17, 15) is 0 Å². The molecule has 0 N–H and O–H groups in total.